The molecule has 186 valence electrons. The Morgan fingerprint density at radius 1 is 1.11 bits per heavy atom. The smallest absolute Gasteiger partial charge is 0.339 e. The minimum Gasteiger partial charge on any atom is -0.490 e. The number of halogens is 1. The second-order valence-electron chi connectivity index (χ2n) is 7.75. The summed E-state index contributed by atoms with van der Waals surface area (Å²) in [6.45, 7) is 5.81. The monoisotopic (exact) mass is 568 g/mol. The average Bonchev–Trinajstić information content (AvgIpc) is 2.85. The van der Waals surface area contributed by atoms with Crippen molar-refractivity contribution in [2.45, 2.75) is 32.1 Å². The van der Waals surface area contributed by atoms with Gasteiger partial charge in [0.05, 0.1) is 11.1 Å². The van der Waals surface area contributed by atoms with E-state index in [1.54, 1.807) is 37.3 Å². The number of nitriles is 1. The summed E-state index contributed by atoms with van der Waals surface area (Å²) in [5, 5.41) is 12.4. The van der Waals surface area contributed by atoms with Crippen LogP contribution < -0.4 is 14.2 Å². The van der Waals surface area contributed by atoms with Crippen molar-refractivity contribution in [2.24, 2.45) is 0 Å². The lowest BCUT2D eigenvalue weighted by atomic mass is 10.1. The molecule has 1 amide bonds. The van der Waals surface area contributed by atoms with Gasteiger partial charge >= 0.3 is 10.1 Å². The van der Waals surface area contributed by atoms with Crippen molar-refractivity contribution in [3.05, 3.63) is 87.4 Å². The molecule has 0 spiro atoms. The van der Waals surface area contributed by atoms with E-state index in [0.29, 0.717) is 11.3 Å². The lowest BCUT2D eigenvalue weighted by Gasteiger charge is -2.15. The fraction of sp³-hybridized carbons (Fsp3) is 0.185. The first-order valence-corrected chi connectivity index (χ1v) is 13.4. The molecular weight excluding hydrogens is 544 g/mol. The summed E-state index contributed by atoms with van der Waals surface area (Å²) in [5.74, 6) is -0.452. The molecule has 3 aromatic carbocycles. The van der Waals surface area contributed by atoms with Crippen molar-refractivity contribution in [2.75, 3.05) is 11.9 Å². The quantitative estimate of drug-likeness (QED) is 0.192. The van der Waals surface area contributed by atoms with Crippen molar-refractivity contribution in [3.63, 3.8) is 0 Å². The van der Waals surface area contributed by atoms with Crippen LogP contribution in [0.25, 0.3) is 6.08 Å². The van der Waals surface area contributed by atoms with Crippen molar-refractivity contribution in [1.82, 2.24) is 0 Å². The average molecular weight is 569 g/mol. The molecule has 0 heterocycles. The van der Waals surface area contributed by atoms with Crippen molar-refractivity contribution in [1.29, 1.82) is 5.26 Å². The summed E-state index contributed by atoms with van der Waals surface area (Å²) < 4.78 is 37.0. The van der Waals surface area contributed by atoms with Gasteiger partial charge in [-0.1, -0.05) is 42.8 Å². The fourth-order valence-corrected chi connectivity index (χ4v) is 4.94. The van der Waals surface area contributed by atoms with E-state index in [1.165, 1.54) is 24.3 Å². The van der Waals surface area contributed by atoms with Gasteiger partial charge in [0.1, 0.15) is 16.5 Å². The van der Waals surface area contributed by atoms with Gasteiger partial charge in [-0.05, 0) is 83.7 Å². The molecule has 36 heavy (non-hydrogen) atoms. The highest BCUT2D eigenvalue weighted by atomic mass is 79.9. The lowest BCUT2D eigenvalue weighted by molar-refractivity contribution is -0.112. The Morgan fingerprint density at radius 2 is 1.81 bits per heavy atom. The standard InChI is InChI=1S/C27H25BrN2O5S/c1-4-20-8-6-7-9-24(20)30-27(31)21(17-29)14-19-15-23(28)26(25(16-19)34-5-2)35-36(32,33)22-12-10-18(3)11-13-22/h6-16H,4-5H2,1-3H3,(H,30,31)/b21-14+. The Morgan fingerprint density at radius 3 is 2.44 bits per heavy atom. The number of ether oxygens (including phenoxy) is 1. The number of rotatable bonds is 9. The summed E-state index contributed by atoms with van der Waals surface area (Å²) in [7, 11) is -4.13. The number of aryl methyl sites for hydroxylation is 2. The summed E-state index contributed by atoms with van der Waals surface area (Å²) in [4.78, 5) is 12.8. The van der Waals surface area contributed by atoms with E-state index in [1.807, 2.05) is 32.0 Å². The van der Waals surface area contributed by atoms with Crippen LogP contribution in [0.15, 0.2) is 75.6 Å². The number of benzene rings is 3. The van der Waals surface area contributed by atoms with Crippen LogP contribution in [0.1, 0.15) is 30.5 Å². The first-order valence-electron chi connectivity index (χ1n) is 11.2. The van der Waals surface area contributed by atoms with Gasteiger partial charge in [0.2, 0.25) is 0 Å². The van der Waals surface area contributed by atoms with Gasteiger partial charge in [-0.2, -0.15) is 13.7 Å². The third kappa shape index (κ3) is 6.53. The molecule has 0 radical (unpaired) electrons. The Bertz CT molecular complexity index is 1440. The van der Waals surface area contributed by atoms with Gasteiger partial charge in [0, 0.05) is 5.69 Å². The number of anilines is 1. The molecule has 3 aromatic rings. The first-order chi connectivity index (χ1) is 17.2. The molecule has 0 atom stereocenters. The van der Waals surface area contributed by atoms with Crippen LogP contribution in [0, 0.1) is 18.3 Å². The highest BCUT2D eigenvalue weighted by Crippen LogP contribution is 2.39. The minimum absolute atomic E-state index is 0.00205. The topological polar surface area (TPSA) is 105 Å². The van der Waals surface area contributed by atoms with Crippen LogP contribution in [0.3, 0.4) is 0 Å². The molecule has 1 N–H and O–H groups in total. The highest BCUT2D eigenvalue weighted by molar-refractivity contribution is 9.10. The SMILES string of the molecule is CCOc1cc(/C=C(\C#N)C(=O)Nc2ccccc2CC)cc(Br)c1OS(=O)(=O)c1ccc(C)cc1. The van der Waals surface area contributed by atoms with Gasteiger partial charge in [-0.15, -0.1) is 0 Å². The maximum atomic E-state index is 12.8. The van der Waals surface area contributed by atoms with Crippen LogP contribution in [0.2, 0.25) is 0 Å². The Kier molecular flexibility index (Phi) is 8.91. The molecule has 0 aliphatic heterocycles. The van der Waals surface area contributed by atoms with E-state index < -0.39 is 16.0 Å². The van der Waals surface area contributed by atoms with Crippen molar-refractivity contribution >= 4 is 43.7 Å². The lowest BCUT2D eigenvalue weighted by Crippen LogP contribution is -2.14. The van der Waals surface area contributed by atoms with E-state index in [-0.39, 0.29) is 33.0 Å². The van der Waals surface area contributed by atoms with Crippen LogP contribution in [0.5, 0.6) is 11.5 Å². The zero-order valence-corrected chi connectivity index (χ0v) is 22.4. The van der Waals surface area contributed by atoms with Crippen molar-refractivity contribution < 1.29 is 22.1 Å². The maximum Gasteiger partial charge on any atom is 0.339 e. The molecule has 0 bridgehead atoms. The van der Waals surface area contributed by atoms with Gasteiger partial charge in [0.25, 0.3) is 5.91 Å². The van der Waals surface area contributed by atoms with E-state index in [2.05, 4.69) is 21.2 Å². The summed E-state index contributed by atoms with van der Waals surface area (Å²) in [5.41, 5.74) is 2.81. The summed E-state index contributed by atoms with van der Waals surface area (Å²) in [6, 6.07) is 18.6. The number of amides is 1. The number of nitrogens with one attached hydrogen (secondary N) is 1. The van der Waals surface area contributed by atoms with Crippen LogP contribution in [-0.2, 0) is 21.3 Å². The number of carbonyl (C=O) groups excluding carboxylic acids is 1. The van der Waals surface area contributed by atoms with Crippen molar-refractivity contribution in [3.8, 4) is 17.6 Å². The number of hydrogen-bond donors (Lipinski definition) is 1. The zero-order valence-electron chi connectivity index (χ0n) is 20.0. The predicted molar refractivity (Wildman–Crippen MR) is 142 cm³/mol. The molecule has 3 rings (SSSR count). The molecule has 0 aromatic heterocycles. The number of nitrogens with zero attached hydrogens (tertiary/aromatic N) is 1. The zero-order chi connectivity index (χ0) is 26.3. The number of hydrogen-bond acceptors (Lipinski definition) is 6. The number of carbonyl (C=O) groups is 1. The molecule has 9 heteroatoms. The molecular formula is C27H25BrN2O5S. The van der Waals surface area contributed by atoms with E-state index in [4.69, 9.17) is 8.92 Å². The molecule has 0 saturated heterocycles. The minimum atomic E-state index is -4.13. The van der Waals surface area contributed by atoms with Gasteiger partial charge in [-0.3, -0.25) is 4.79 Å². The van der Waals surface area contributed by atoms with Gasteiger partial charge < -0.3 is 14.2 Å². The first kappa shape index (κ1) is 27.0. The summed E-state index contributed by atoms with van der Waals surface area (Å²) >= 11 is 3.34. The van der Waals surface area contributed by atoms with Crippen LogP contribution in [0.4, 0.5) is 5.69 Å². The molecule has 0 aliphatic carbocycles. The van der Waals surface area contributed by atoms with Gasteiger partial charge in [0.15, 0.2) is 11.5 Å². The van der Waals surface area contributed by atoms with E-state index in [9.17, 15) is 18.5 Å². The predicted octanol–water partition coefficient (Wildman–Crippen LogP) is 6.03. The largest absolute Gasteiger partial charge is 0.490 e. The molecule has 7 nitrogen and oxygen atoms in total. The maximum absolute atomic E-state index is 12.8. The molecule has 0 saturated carbocycles. The molecule has 0 aliphatic rings. The van der Waals surface area contributed by atoms with E-state index >= 15 is 0 Å². The third-order valence-electron chi connectivity index (χ3n) is 5.16. The second kappa shape index (κ2) is 11.9. The van der Waals surface area contributed by atoms with Gasteiger partial charge in [-0.25, -0.2) is 0 Å². The molecule has 0 fully saturated rings. The molecule has 0 unspecified atom stereocenters. The van der Waals surface area contributed by atoms with Crippen LogP contribution >= 0.6 is 15.9 Å². The Hall–Kier alpha value is -3.61. The number of para-hydroxylation sites is 1. The fourth-order valence-electron chi connectivity index (χ4n) is 3.33. The van der Waals surface area contributed by atoms with E-state index in [0.717, 1.165) is 17.5 Å². The Balaban J connectivity index is 1.94. The van der Waals surface area contributed by atoms with Crippen LogP contribution in [-0.4, -0.2) is 20.9 Å². The normalized spacial score (nSPS) is 11.5. The summed E-state index contributed by atoms with van der Waals surface area (Å²) in [6.07, 6.45) is 2.12. The third-order valence-corrected chi connectivity index (χ3v) is 6.98. The second-order valence-corrected chi connectivity index (χ2v) is 10.1. The highest BCUT2D eigenvalue weighted by Gasteiger charge is 2.22. The Labute approximate surface area is 219 Å².